The zero-order valence-electron chi connectivity index (χ0n) is 15.0. The van der Waals surface area contributed by atoms with Crippen LogP contribution in [0.1, 0.15) is 21.8 Å². The van der Waals surface area contributed by atoms with Crippen LogP contribution in [0.5, 0.6) is 0 Å². The topological polar surface area (TPSA) is 55.2 Å². The molecule has 1 fully saturated rings. The van der Waals surface area contributed by atoms with E-state index in [1.165, 1.54) is 11.3 Å². The van der Waals surface area contributed by atoms with Gasteiger partial charge in [-0.25, -0.2) is 4.98 Å². The Morgan fingerprint density at radius 3 is 2.64 bits per heavy atom. The maximum Gasteiger partial charge on any atom is 0.237 e. The van der Waals surface area contributed by atoms with Crippen molar-refractivity contribution in [2.45, 2.75) is 12.8 Å². The number of benzene rings is 1. The van der Waals surface area contributed by atoms with Crippen molar-refractivity contribution >= 4 is 52.1 Å². The number of thioether (sulfide) groups is 1. The van der Waals surface area contributed by atoms with Gasteiger partial charge in [0.2, 0.25) is 5.91 Å². The molecule has 0 saturated carbocycles. The zero-order chi connectivity index (χ0) is 19.5. The van der Waals surface area contributed by atoms with Gasteiger partial charge in [-0.05, 0) is 42.8 Å². The molecule has 1 saturated heterocycles. The number of carbonyl (C=O) groups excluding carboxylic acids is 2. The molecular weight excluding hydrogens is 414 g/mol. The van der Waals surface area contributed by atoms with Crippen LogP contribution < -0.4 is 4.90 Å². The predicted molar refractivity (Wildman–Crippen MR) is 115 cm³/mol. The fourth-order valence-corrected chi connectivity index (χ4v) is 4.86. The number of rotatable bonds is 6. The molecule has 1 aliphatic rings. The van der Waals surface area contributed by atoms with Gasteiger partial charge >= 0.3 is 0 Å². The van der Waals surface area contributed by atoms with Crippen molar-refractivity contribution < 1.29 is 9.59 Å². The number of anilines is 1. The first-order chi connectivity index (χ1) is 13.6. The summed E-state index contributed by atoms with van der Waals surface area (Å²) in [4.78, 5) is 31.2. The van der Waals surface area contributed by atoms with Gasteiger partial charge in [-0.1, -0.05) is 11.6 Å². The summed E-state index contributed by atoms with van der Waals surface area (Å²) < 4.78 is 2.56. The van der Waals surface area contributed by atoms with E-state index in [1.54, 1.807) is 30.2 Å². The Kier molecular flexibility index (Phi) is 5.85. The third kappa shape index (κ3) is 4.32. The van der Waals surface area contributed by atoms with Crippen LogP contribution in [0, 0.1) is 0 Å². The van der Waals surface area contributed by atoms with Crippen LogP contribution >= 0.6 is 34.7 Å². The lowest BCUT2D eigenvalue weighted by Gasteiger charge is -2.26. The Hall–Kier alpha value is -2.09. The average molecular weight is 432 g/mol. The highest BCUT2D eigenvalue weighted by Crippen LogP contribution is 2.24. The van der Waals surface area contributed by atoms with Crippen LogP contribution in [-0.2, 0) is 11.2 Å². The summed E-state index contributed by atoms with van der Waals surface area (Å²) in [6.07, 6.45) is 4.67. The highest BCUT2D eigenvalue weighted by molar-refractivity contribution is 8.00. The number of amides is 1. The van der Waals surface area contributed by atoms with E-state index in [0.717, 1.165) is 29.4 Å². The van der Waals surface area contributed by atoms with Gasteiger partial charge in [0.05, 0.1) is 27.0 Å². The van der Waals surface area contributed by atoms with Gasteiger partial charge in [0.25, 0.3) is 0 Å². The predicted octanol–water partition coefficient (Wildman–Crippen LogP) is 4.48. The lowest BCUT2D eigenvalue weighted by molar-refractivity contribution is -0.116. The van der Waals surface area contributed by atoms with Crippen molar-refractivity contribution in [3.8, 4) is 5.69 Å². The maximum atomic E-state index is 12.2. The van der Waals surface area contributed by atoms with Crippen molar-refractivity contribution in [2.75, 3.05) is 23.0 Å². The Labute approximate surface area is 176 Å². The summed E-state index contributed by atoms with van der Waals surface area (Å²) in [5.74, 6) is 1.75. The first kappa shape index (κ1) is 19.2. The Balaban J connectivity index is 1.39. The highest BCUT2D eigenvalue weighted by Gasteiger charge is 2.19. The number of carbonyl (C=O) groups is 2. The molecule has 2 aromatic heterocycles. The molecule has 1 aliphatic heterocycles. The summed E-state index contributed by atoms with van der Waals surface area (Å²) in [6.45, 7) is 0.752. The normalized spacial score (nSPS) is 14.5. The minimum atomic E-state index is 0.0835. The number of halogens is 1. The molecule has 3 heterocycles. The molecular formula is C20H18ClN3O2S2. The minimum Gasteiger partial charge on any atom is -0.311 e. The first-order valence-corrected chi connectivity index (χ1v) is 11.2. The van der Waals surface area contributed by atoms with Crippen molar-refractivity contribution in [3.63, 3.8) is 0 Å². The van der Waals surface area contributed by atoms with Gasteiger partial charge in [-0.2, -0.15) is 11.8 Å². The first-order valence-electron chi connectivity index (χ1n) is 8.90. The third-order valence-corrected chi connectivity index (χ3v) is 6.73. The van der Waals surface area contributed by atoms with E-state index < -0.39 is 0 Å². The second-order valence-electron chi connectivity index (χ2n) is 6.41. The van der Waals surface area contributed by atoms with E-state index in [2.05, 4.69) is 4.98 Å². The van der Waals surface area contributed by atoms with E-state index in [-0.39, 0.29) is 11.7 Å². The standard InChI is InChI=1S/C20H18ClN3O2S2/c21-19-8-7-18(28-19)17(25)6-1-14-11-23(13-22-14)15-2-4-16(5-3-15)24-9-10-27-12-20(24)26/h2-5,7-8,11,13H,1,6,9-10,12H2. The molecule has 144 valence electrons. The maximum absolute atomic E-state index is 12.2. The Morgan fingerprint density at radius 2 is 1.93 bits per heavy atom. The number of imidazole rings is 1. The van der Waals surface area contributed by atoms with Crippen LogP contribution in [0.15, 0.2) is 48.9 Å². The summed E-state index contributed by atoms with van der Waals surface area (Å²) in [5.41, 5.74) is 2.76. The number of hydrogen-bond acceptors (Lipinski definition) is 5. The largest absolute Gasteiger partial charge is 0.311 e. The molecule has 1 amide bonds. The third-order valence-electron chi connectivity index (χ3n) is 4.54. The number of aromatic nitrogens is 2. The monoisotopic (exact) mass is 431 g/mol. The molecule has 4 rings (SSSR count). The van der Waals surface area contributed by atoms with Crippen LogP contribution in [0.2, 0.25) is 4.34 Å². The van der Waals surface area contributed by atoms with E-state index in [1.807, 2.05) is 39.9 Å². The Morgan fingerprint density at radius 1 is 1.14 bits per heavy atom. The molecule has 0 atom stereocenters. The van der Waals surface area contributed by atoms with E-state index >= 15 is 0 Å². The van der Waals surface area contributed by atoms with Crippen molar-refractivity contribution in [3.05, 3.63) is 63.8 Å². The van der Waals surface area contributed by atoms with E-state index in [4.69, 9.17) is 11.6 Å². The number of aryl methyl sites for hydroxylation is 1. The highest BCUT2D eigenvalue weighted by atomic mass is 35.5. The quantitative estimate of drug-likeness (QED) is 0.540. The van der Waals surface area contributed by atoms with Crippen molar-refractivity contribution in [1.82, 2.24) is 9.55 Å². The summed E-state index contributed by atoms with van der Waals surface area (Å²) >= 11 is 8.87. The molecule has 1 aromatic carbocycles. The zero-order valence-corrected chi connectivity index (χ0v) is 17.4. The average Bonchev–Trinajstić information content (AvgIpc) is 3.36. The van der Waals surface area contributed by atoms with Crippen molar-refractivity contribution in [1.29, 1.82) is 0 Å². The molecule has 0 radical (unpaired) electrons. The molecule has 0 bridgehead atoms. The van der Waals surface area contributed by atoms with Gasteiger partial charge < -0.3 is 9.47 Å². The van der Waals surface area contributed by atoms with Gasteiger partial charge in [0.15, 0.2) is 5.78 Å². The molecule has 28 heavy (non-hydrogen) atoms. The second-order valence-corrected chi connectivity index (χ2v) is 9.23. The molecule has 0 unspecified atom stereocenters. The van der Waals surface area contributed by atoms with Gasteiger partial charge in [0, 0.05) is 36.3 Å². The number of Topliss-reactive ketones (excluding diaryl/α,β-unsaturated/α-hetero) is 1. The van der Waals surface area contributed by atoms with Crippen LogP contribution in [0.3, 0.4) is 0 Å². The smallest absolute Gasteiger partial charge is 0.237 e. The number of ketones is 1. The molecule has 0 spiro atoms. The Bertz CT molecular complexity index is 997. The van der Waals surface area contributed by atoms with Crippen LogP contribution in [0.4, 0.5) is 5.69 Å². The number of nitrogens with zero attached hydrogens (tertiary/aromatic N) is 3. The summed E-state index contributed by atoms with van der Waals surface area (Å²) in [5, 5.41) is 0. The van der Waals surface area contributed by atoms with Gasteiger partial charge in [0.1, 0.15) is 0 Å². The fraction of sp³-hybridized carbons (Fsp3) is 0.250. The minimum absolute atomic E-state index is 0.0835. The lowest BCUT2D eigenvalue weighted by atomic mass is 10.1. The summed E-state index contributed by atoms with van der Waals surface area (Å²) in [6, 6.07) is 11.4. The fourth-order valence-electron chi connectivity index (χ4n) is 3.06. The molecule has 5 nitrogen and oxygen atoms in total. The van der Waals surface area contributed by atoms with E-state index in [9.17, 15) is 9.59 Å². The second kappa shape index (κ2) is 8.51. The van der Waals surface area contributed by atoms with Crippen molar-refractivity contribution in [2.24, 2.45) is 0 Å². The summed E-state index contributed by atoms with van der Waals surface area (Å²) in [7, 11) is 0. The lowest BCUT2D eigenvalue weighted by Crippen LogP contribution is -2.38. The molecule has 0 N–H and O–H groups in total. The van der Waals surface area contributed by atoms with Gasteiger partial charge in [-0.3, -0.25) is 9.59 Å². The molecule has 3 aromatic rings. The molecule has 8 heteroatoms. The number of hydrogen-bond donors (Lipinski definition) is 0. The van der Waals surface area contributed by atoms with Crippen LogP contribution in [0.25, 0.3) is 5.69 Å². The van der Waals surface area contributed by atoms with Gasteiger partial charge in [-0.15, -0.1) is 11.3 Å². The van der Waals surface area contributed by atoms with Crippen LogP contribution in [-0.4, -0.2) is 39.3 Å². The van der Waals surface area contributed by atoms with E-state index in [0.29, 0.717) is 27.8 Å². The molecule has 0 aliphatic carbocycles. The number of thiophene rings is 1. The SMILES string of the molecule is O=C(CCc1cn(-c2ccc(N3CCSCC3=O)cc2)cn1)c1ccc(Cl)s1.